The van der Waals surface area contributed by atoms with Crippen molar-refractivity contribution in [3.05, 3.63) is 71.7 Å². The Kier molecular flexibility index (Phi) is 5.65. The Morgan fingerprint density at radius 1 is 0.914 bits per heavy atom. The zero-order valence-corrected chi connectivity index (χ0v) is 18.0. The number of hydrogen-bond donors (Lipinski definition) is 2. The SMILES string of the molecule is FC(F)(F)C(F)(F)c1cc(NCc2ccc(-c3ccccc3-c3nn[nH]n3)cc2)nc(C2CC2)n1. The number of halogens is 5. The molecule has 1 aliphatic carbocycles. The van der Waals surface area contributed by atoms with Gasteiger partial charge >= 0.3 is 12.1 Å². The predicted molar refractivity (Wildman–Crippen MR) is 116 cm³/mol. The Morgan fingerprint density at radius 2 is 1.63 bits per heavy atom. The van der Waals surface area contributed by atoms with Gasteiger partial charge in [-0.15, -0.1) is 10.2 Å². The molecule has 0 aliphatic heterocycles. The Hall–Kier alpha value is -3.96. The van der Waals surface area contributed by atoms with E-state index in [0.29, 0.717) is 24.7 Å². The first kappa shape index (κ1) is 22.8. The van der Waals surface area contributed by atoms with Crippen LogP contribution in [0.1, 0.15) is 35.8 Å². The maximum absolute atomic E-state index is 14.0. The first-order chi connectivity index (χ1) is 16.7. The zero-order valence-electron chi connectivity index (χ0n) is 18.0. The first-order valence-electron chi connectivity index (χ1n) is 10.7. The number of alkyl halides is 5. The molecule has 1 aliphatic rings. The number of aromatic amines is 1. The van der Waals surface area contributed by atoms with Crippen LogP contribution >= 0.6 is 0 Å². The van der Waals surface area contributed by atoms with Gasteiger partial charge in [0.25, 0.3) is 0 Å². The highest BCUT2D eigenvalue weighted by molar-refractivity contribution is 5.80. The van der Waals surface area contributed by atoms with E-state index in [1.54, 1.807) is 0 Å². The molecule has 0 atom stereocenters. The van der Waals surface area contributed by atoms with Crippen LogP contribution in [0.5, 0.6) is 0 Å². The van der Waals surface area contributed by atoms with Crippen molar-refractivity contribution in [1.29, 1.82) is 0 Å². The Balaban J connectivity index is 1.36. The maximum atomic E-state index is 14.0. The fourth-order valence-electron chi connectivity index (χ4n) is 3.59. The van der Waals surface area contributed by atoms with Gasteiger partial charge in [0, 0.05) is 24.1 Å². The highest BCUT2D eigenvalue weighted by Crippen LogP contribution is 2.45. The fraction of sp³-hybridized carbons (Fsp3) is 0.261. The molecular formula is C23H18F5N7. The molecule has 35 heavy (non-hydrogen) atoms. The van der Waals surface area contributed by atoms with Crippen molar-refractivity contribution in [1.82, 2.24) is 30.6 Å². The average molecular weight is 487 g/mol. The Bertz CT molecular complexity index is 1320. The molecule has 0 saturated heterocycles. The lowest BCUT2D eigenvalue weighted by atomic mass is 9.98. The maximum Gasteiger partial charge on any atom is 0.459 e. The van der Waals surface area contributed by atoms with E-state index >= 15 is 0 Å². The van der Waals surface area contributed by atoms with Crippen molar-refractivity contribution in [2.24, 2.45) is 0 Å². The van der Waals surface area contributed by atoms with Gasteiger partial charge in [0.2, 0.25) is 5.82 Å². The Morgan fingerprint density at radius 3 is 2.26 bits per heavy atom. The van der Waals surface area contributed by atoms with Gasteiger partial charge < -0.3 is 5.32 Å². The van der Waals surface area contributed by atoms with E-state index in [9.17, 15) is 22.0 Å². The summed E-state index contributed by atoms with van der Waals surface area (Å²) in [6, 6.07) is 15.6. The van der Waals surface area contributed by atoms with Crippen molar-refractivity contribution >= 4 is 5.82 Å². The van der Waals surface area contributed by atoms with E-state index in [1.165, 1.54) is 0 Å². The van der Waals surface area contributed by atoms with Crippen LogP contribution in [0.15, 0.2) is 54.6 Å². The van der Waals surface area contributed by atoms with E-state index in [1.807, 2.05) is 48.5 Å². The topological polar surface area (TPSA) is 92.3 Å². The van der Waals surface area contributed by atoms with Crippen LogP contribution in [0.3, 0.4) is 0 Å². The number of aromatic nitrogens is 6. The first-order valence-corrected chi connectivity index (χ1v) is 10.7. The third kappa shape index (κ3) is 4.68. The number of benzene rings is 2. The smallest absolute Gasteiger partial charge is 0.366 e. The molecule has 2 N–H and O–H groups in total. The van der Waals surface area contributed by atoms with Gasteiger partial charge in [-0.05, 0) is 34.7 Å². The van der Waals surface area contributed by atoms with Crippen molar-refractivity contribution in [3.63, 3.8) is 0 Å². The molecule has 0 amide bonds. The molecular weight excluding hydrogens is 469 g/mol. The van der Waals surface area contributed by atoms with Crippen LogP contribution in [0.25, 0.3) is 22.5 Å². The minimum Gasteiger partial charge on any atom is -0.366 e. The number of H-pyrrole nitrogens is 1. The van der Waals surface area contributed by atoms with Gasteiger partial charge in [0.05, 0.1) is 0 Å². The summed E-state index contributed by atoms with van der Waals surface area (Å²) in [6.07, 6.45) is -4.42. The van der Waals surface area contributed by atoms with Crippen LogP contribution in [0.2, 0.25) is 0 Å². The standard InChI is InChI=1S/C23H18F5N7/c24-22(25,23(26,27)28)18-11-19(31-20(30-18)15-9-10-15)29-12-13-5-7-14(8-6-13)16-3-1-2-4-17(16)21-32-34-35-33-21/h1-8,11,15H,9-10,12H2,(H,29,30,31)(H,32,33,34,35). The molecule has 5 rings (SSSR count). The molecule has 7 nitrogen and oxygen atoms in total. The fourth-order valence-corrected chi connectivity index (χ4v) is 3.59. The molecule has 0 bridgehead atoms. The van der Waals surface area contributed by atoms with Crippen LogP contribution in [-0.2, 0) is 12.5 Å². The number of rotatable bonds is 7. The highest BCUT2D eigenvalue weighted by atomic mass is 19.4. The summed E-state index contributed by atoms with van der Waals surface area (Å²) in [5.74, 6) is -4.88. The third-order valence-corrected chi connectivity index (χ3v) is 5.62. The largest absolute Gasteiger partial charge is 0.459 e. The number of hydrogen-bond acceptors (Lipinski definition) is 6. The number of anilines is 1. The van der Waals surface area contributed by atoms with Crippen LogP contribution < -0.4 is 5.32 Å². The second kappa shape index (κ2) is 8.67. The van der Waals surface area contributed by atoms with E-state index < -0.39 is 17.8 Å². The van der Waals surface area contributed by atoms with Crippen LogP contribution in [-0.4, -0.2) is 36.8 Å². The minimum absolute atomic E-state index is 0.00217. The molecule has 12 heteroatoms. The summed E-state index contributed by atoms with van der Waals surface area (Å²) in [5.41, 5.74) is 2.00. The van der Waals surface area contributed by atoms with Gasteiger partial charge in [-0.2, -0.15) is 27.2 Å². The van der Waals surface area contributed by atoms with E-state index in [0.717, 1.165) is 22.3 Å². The second-order valence-electron chi connectivity index (χ2n) is 8.17. The highest BCUT2D eigenvalue weighted by Gasteiger charge is 2.60. The number of nitrogens with zero attached hydrogens (tertiary/aromatic N) is 5. The minimum atomic E-state index is -5.74. The van der Waals surface area contributed by atoms with Crippen molar-refractivity contribution in [3.8, 4) is 22.5 Å². The molecule has 0 spiro atoms. The monoisotopic (exact) mass is 487 g/mol. The van der Waals surface area contributed by atoms with E-state index in [-0.39, 0.29) is 24.1 Å². The molecule has 2 aromatic heterocycles. The van der Waals surface area contributed by atoms with Crippen LogP contribution in [0.4, 0.5) is 27.8 Å². The van der Waals surface area contributed by atoms with Gasteiger partial charge in [0.15, 0.2) is 0 Å². The summed E-state index contributed by atoms with van der Waals surface area (Å²) >= 11 is 0. The second-order valence-corrected chi connectivity index (χ2v) is 8.17. The zero-order chi connectivity index (χ0) is 24.6. The van der Waals surface area contributed by atoms with E-state index in [2.05, 4.69) is 35.9 Å². The summed E-state index contributed by atoms with van der Waals surface area (Å²) in [5, 5.41) is 16.9. The normalized spacial score (nSPS) is 14.2. The van der Waals surface area contributed by atoms with Crippen molar-refractivity contribution in [2.75, 3.05) is 5.32 Å². The Labute approximate surface area is 195 Å². The van der Waals surface area contributed by atoms with Gasteiger partial charge in [0.1, 0.15) is 17.3 Å². The molecule has 2 aromatic carbocycles. The quantitative estimate of drug-likeness (QED) is 0.336. The van der Waals surface area contributed by atoms with Gasteiger partial charge in [-0.3, -0.25) is 0 Å². The molecule has 180 valence electrons. The molecule has 2 heterocycles. The van der Waals surface area contributed by atoms with Crippen molar-refractivity contribution < 1.29 is 22.0 Å². The molecule has 0 radical (unpaired) electrons. The summed E-state index contributed by atoms with van der Waals surface area (Å²) < 4.78 is 66.6. The predicted octanol–water partition coefficient (Wildman–Crippen LogP) is 5.47. The van der Waals surface area contributed by atoms with Gasteiger partial charge in [-0.1, -0.05) is 48.5 Å². The lowest BCUT2D eigenvalue weighted by Crippen LogP contribution is -2.35. The number of nitrogens with one attached hydrogen (secondary N) is 2. The molecule has 4 aromatic rings. The summed E-state index contributed by atoms with van der Waals surface area (Å²) in [4.78, 5) is 7.69. The van der Waals surface area contributed by atoms with Crippen molar-refractivity contribution in [2.45, 2.75) is 37.4 Å². The molecule has 1 fully saturated rings. The van der Waals surface area contributed by atoms with E-state index in [4.69, 9.17) is 0 Å². The summed E-state index contributed by atoms with van der Waals surface area (Å²) in [7, 11) is 0. The van der Waals surface area contributed by atoms with Crippen LogP contribution in [0, 0.1) is 0 Å². The number of tetrazole rings is 1. The molecule has 0 unspecified atom stereocenters. The lowest BCUT2D eigenvalue weighted by Gasteiger charge is -2.20. The molecule has 1 saturated carbocycles. The average Bonchev–Trinajstić information content (AvgIpc) is 3.56. The van der Waals surface area contributed by atoms with Gasteiger partial charge in [-0.25, -0.2) is 9.97 Å². The lowest BCUT2D eigenvalue weighted by molar-refractivity contribution is -0.291. The summed E-state index contributed by atoms with van der Waals surface area (Å²) in [6.45, 7) is 0.172. The third-order valence-electron chi connectivity index (χ3n) is 5.62.